The summed E-state index contributed by atoms with van der Waals surface area (Å²) in [6.45, 7) is 3.43. The number of piperidine rings is 1. The Kier molecular flexibility index (Phi) is 5.67. The molecule has 0 amide bonds. The summed E-state index contributed by atoms with van der Waals surface area (Å²) in [5, 5.41) is 3.54. The van der Waals surface area contributed by atoms with E-state index in [9.17, 15) is 4.21 Å². The Hall–Kier alpha value is 0.0700. The van der Waals surface area contributed by atoms with Gasteiger partial charge in [-0.25, -0.2) is 0 Å². The van der Waals surface area contributed by atoms with Crippen LogP contribution in [0.2, 0.25) is 0 Å². The molecule has 84 valence electrons. The summed E-state index contributed by atoms with van der Waals surface area (Å²) in [7, 11) is 1.55. The summed E-state index contributed by atoms with van der Waals surface area (Å²) in [5.41, 5.74) is 0. The SMILES string of the molecule is CN1CCC(NCCCS(C)=O)CC1. The fourth-order valence-electron chi connectivity index (χ4n) is 1.79. The third kappa shape index (κ3) is 5.08. The minimum atomic E-state index is -0.626. The topological polar surface area (TPSA) is 32.3 Å². The van der Waals surface area contributed by atoms with Crippen LogP contribution in [-0.2, 0) is 10.8 Å². The van der Waals surface area contributed by atoms with Crippen LogP contribution in [0.1, 0.15) is 19.3 Å². The van der Waals surface area contributed by atoms with Crippen molar-refractivity contribution in [2.24, 2.45) is 0 Å². The number of nitrogens with zero attached hydrogens (tertiary/aromatic N) is 1. The molecule has 0 aromatic carbocycles. The van der Waals surface area contributed by atoms with Gasteiger partial charge in [-0.2, -0.15) is 0 Å². The summed E-state index contributed by atoms with van der Waals surface area (Å²) in [6.07, 6.45) is 5.32. The maximum absolute atomic E-state index is 10.8. The Morgan fingerprint density at radius 3 is 2.64 bits per heavy atom. The molecule has 0 radical (unpaired) electrons. The van der Waals surface area contributed by atoms with Gasteiger partial charge in [0.25, 0.3) is 0 Å². The monoisotopic (exact) mass is 218 g/mol. The number of nitrogens with one attached hydrogen (secondary N) is 1. The van der Waals surface area contributed by atoms with Crippen LogP contribution in [0.25, 0.3) is 0 Å². The standard InChI is InChI=1S/C10H22N2OS/c1-12-7-4-10(5-8-12)11-6-3-9-14(2)13/h10-11H,3-9H2,1-2H3. The number of rotatable bonds is 5. The summed E-state index contributed by atoms with van der Waals surface area (Å²) in [5.74, 6) is 0.833. The van der Waals surface area contributed by atoms with E-state index in [1.54, 1.807) is 6.26 Å². The van der Waals surface area contributed by atoms with Gasteiger partial charge in [-0.15, -0.1) is 0 Å². The fraction of sp³-hybridized carbons (Fsp3) is 1.00. The van der Waals surface area contributed by atoms with E-state index < -0.39 is 10.8 Å². The molecule has 1 unspecified atom stereocenters. The van der Waals surface area contributed by atoms with Crippen molar-refractivity contribution in [1.29, 1.82) is 0 Å². The Morgan fingerprint density at radius 1 is 1.43 bits per heavy atom. The van der Waals surface area contributed by atoms with Crippen LogP contribution in [0.4, 0.5) is 0 Å². The summed E-state index contributed by atoms with van der Waals surface area (Å²) in [4.78, 5) is 2.37. The molecular weight excluding hydrogens is 196 g/mol. The van der Waals surface area contributed by atoms with E-state index in [0.29, 0.717) is 6.04 Å². The van der Waals surface area contributed by atoms with Gasteiger partial charge in [-0.1, -0.05) is 0 Å². The fourth-order valence-corrected chi connectivity index (χ4v) is 2.35. The van der Waals surface area contributed by atoms with Crippen molar-refractivity contribution in [3.05, 3.63) is 0 Å². The predicted molar refractivity (Wildman–Crippen MR) is 62.1 cm³/mol. The van der Waals surface area contributed by atoms with Crippen molar-refractivity contribution in [3.8, 4) is 0 Å². The molecule has 0 aromatic heterocycles. The van der Waals surface area contributed by atoms with Crippen molar-refractivity contribution < 1.29 is 4.21 Å². The van der Waals surface area contributed by atoms with Crippen molar-refractivity contribution >= 4 is 10.8 Å². The van der Waals surface area contributed by atoms with Crippen molar-refractivity contribution in [3.63, 3.8) is 0 Å². The molecule has 1 saturated heterocycles. The quantitative estimate of drug-likeness (QED) is 0.680. The molecule has 1 aliphatic heterocycles. The second-order valence-electron chi connectivity index (χ2n) is 4.16. The molecule has 3 nitrogen and oxygen atoms in total. The summed E-state index contributed by atoms with van der Waals surface area (Å²) < 4.78 is 10.8. The zero-order chi connectivity index (χ0) is 10.4. The highest BCUT2D eigenvalue weighted by molar-refractivity contribution is 7.84. The third-order valence-corrected chi connectivity index (χ3v) is 3.62. The Morgan fingerprint density at radius 2 is 2.07 bits per heavy atom. The first kappa shape index (κ1) is 12.1. The lowest BCUT2D eigenvalue weighted by molar-refractivity contribution is 0.235. The van der Waals surface area contributed by atoms with E-state index in [1.165, 1.54) is 25.9 Å². The summed E-state index contributed by atoms with van der Waals surface area (Å²) >= 11 is 0. The molecule has 0 aromatic rings. The lowest BCUT2D eigenvalue weighted by Crippen LogP contribution is -2.41. The molecule has 1 fully saturated rings. The van der Waals surface area contributed by atoms with Gasteiger partial charge < -0.3 is 10.2 Å². The van der Waals surface area contributed by atoms with Crippen LogP contribution < -0.4 is 5.32 Å². The van der Waals surface area contributed by atoms with Crippen LogP contribution in [0.3, 0.4) is 0 Å². The van der Waals surface area contributed by atoms with Gasteiger partial charge >= 0.3 is 0 Å². The molecule has 1 rings (SSSR count). The average Bonchev–Trinajstić information content (AvgIpc) is 2.15. The van der Waals surface area contributed by atoms with E-state index in [4.69, 9.17) is 0 Å². The Balaban J connectivity index is 1.99. The number of likely N-dealkylation sites (tertiary alicyclic amines) is 1. The average molecular weight is 218 g/mol. The second kappa shape index (κ2) is 6.53. The van der Waals surface area contributed by atoms with E-state index in [1.807, 2.05) is 0 Å². The van der Waals surface area contributed by atoms with Gasteiger partial charge in [0.2, 0.25) is 0 Å². The van der Waals surface area contributed by atoms with Gasteiger partial charge in [-0.05, 0) is 45.9 Å². The first-order chi connectivity index (χ1) is 6.68. The van der Waals surface area contributed by atoms with Gasteiger partial charge in [0.15, 0.2) is 0 Å². The van der Waals surface area contributed by atoms with Crippen LogP contribution in [0.15, 0.2) is 0 Å². The first-order valence-corrected chi connectivity index (χ1v) is 7.13. The molecule has 1 atom stereocenters. The third-order valence-electron chi connectivity index (χ3n) is 2.76. The molecule has 14 heavy (non-hydrogen) atoms. The van der Waals surface area contributed by atoms with Gasteiger partial charge in [0.1, 0.15) is 0 Å². The predicted octanol–water partition coefficient (Wildman–Crippen LogP) is 0.439. The minimum absolute atomic E-state index is 0.626. The molecule has 1 N–H and O–H groups in total. The van der Waals surface area contributed by atoms with Crippen molar-refractivity contribution in [2.75, 3.05) is 38.7 Å². The molecule has 0 spiro atoms. The Labute approximate surface area is 89.7 Å². The lowest BCUT2D eigenvalue weighted by atomic mass is 10.1. The highest BCUT2D eigenvalue weighted by Crippen LogP contribution is 2.07. The molecule has 1 heterocycles. The van der Waals surface area contributed by atoms with E-state index in [2.05, 4.69) is 17.3 Å². The molecule has 0 bridgehead atoms. The molecule has 0 aliphatic carbocycles. The molecular formula is C10H22N2OS. The molecule has 4 heteroatoms. The smallest absolute Gasteiger partial charge is 0.0244 e. The lowest BCUT2D eigenvalue weighted by Gasteiger charge is -2.29. The zero-order valence-electron chi connectivity index (χ0n) is 9.29. The van der Waals surface area contributed by atoms with Crippen LogP contribution in [-0.4, -0.2) is 53.8 Å². The van der Waals surface area contributed by atoms with Crippen LogP contribution in [0, 0.1) is 0 Å². The van der Waals surface area contributed by atoms with Crippen LogP contribution in [0.5, 0.6) is 0 Å². The molecule has 1 aliphatic rings. The highest BCUT2D eigenvalue weighted by Gasteiger charge is 2.15. The number of hydrogen-bond donors (Lipinski definition) is 1. The largest absolute Gasteiger partial charge is 0.314 e. The van der Waals surface area contributed by atoms with Crippen molar-refractivity contribution in [2.45, 2.75) is 25.3 Å². The van der Waals surface area contributed by atoms with Gasteiger partial charge in [-0.3, -0.25) is 4.21 Å². The van der Waals surface area contributed by atoms with E-state index in [-0.39, 0.29) is 0 Å². The van der Waals surface area contributed by atoms with E-state index in [0.717, 1.165) is 18.7 Å². The zero-order valence-corrected chi connectivity index (χ0v) is 10.1. The second-order valence-corrected chi connectivity index (χ2v) is 5.72. The highest BCUT2D eigenvalue weighted by atomic mass is 32.2. The van der Waals surface area contributed by atoms with Gasteiger partial charge in [0.05, 0.1) is 0 Å². The Bertz CT molecular complexity index is 179. The van der Waals surface area contributed by atoms with Gasteiger partial charge in [0, 0.05) is 28.9 Å². The molecule has 0 saturated carbocycles. The normalized spacial score (nSPS) is 22.4. The first-order valence-electron chi connectivity index (χ1n) is 5.40. The maximum atomic E-state index is 10.8. The van der Waals surface area contributed by atoms with Crippen molar-refractivity contribution in [1.82, 2.24) is 10.2 Å². The maximum Gasteiger partial charge on any atom is 0.0244 e. The summed E-state index contributed by atoms with van der Waals surface area (Å²) in [6, 6.07) is 0.691. The minimum Gasteiger partial charge on any atom is -0.314 e. The van der Waals surface area contributed by atoms with Crippen LogP contribution >= 0.6 is 0 Å². The number of hydrogen-bond acceptors (Lipinski definition) is 3. The van der Waals surface area contributed by atoms with E-state index >= 15 is 0 Å².